The summed E-state index contributed by atoms with van der Waals surface area (Å²) < 4.78 is 2.18. The van der Waals surface area contributed by atoms with E-state index in [0.717, 1.165) is 13.1 Å². The predicted molar refractivity (Wildman–Crippen MR) is 102 cm³/mol. The second-order valence-electron chi connectivity index (χ2n) is 7.62. The van der Waals surface area contributed by atoms with Crippen LogP contribution >= 0.6 is 0 Å². The number of hydrogen-bond donors (Lipinski definition) is 1. The van der Waals surface area contributed by atoms with Gasteiger partial charge in [-0.1, -0.05) is 24.6 Å². The minimum absolute atomic E-state index is 0.186. The third-order valence-corrected chi connectivity index (χ3v) is 6.05. The molecule has 4 nitrogen and oxygen atoms in total. The van der Waals surface area contributed by atoms with Crippen molar-refractivity contribution in [2.24, 2.45) is 5.92 Å². The third-order valence-electron chi connectivity index (χ3n) is 6.05. The summed E-state index contributed by atoms with van der Waals surface area (Å²) in [6.45, 7) is 4.12. The van der Waals surface area contributed by atoms with Crippen LogP contribution in [0.1, 0.15) is 38.5 Å². The van der Waals surface area contributed by atoms with E-state index in [9.17, 15) is 4.79 Å². The van der Waals surface area contributed by atoms with Gasteiger partial charge in [-0.2, -0.15) is 0 Å². The van der Waals surface area contributed by atoms with E-state index in [1.165, 1.54) is 56.1 Å². The second kappa shape index (κ2) is 7.61. The summed E-state index contributed by atoms with van der Waals surface area (Å²) in [7, 11) is 0. The molecule has 2 fully saturated rings. The average Bonchev–Trinajstić information content (AvgIpc) is 3.08. The smallest absolute Gasteiger partial charge is 0.221 e. The minimum Gasteiger partial charge on any atom is -0.356 e. The zero-order valence-corrected chi connectivity index (χ0v) is 15.0. The highest BCUT2D eigenvalue weighted by Gasteiger charge is 2.32. The summed E-state index contributed by atoms with van der Waals surface area (Å²) in [5.41, 5.74) is 1.21. The minimum atomic E-state index is 0.186. The second-order valence-corrected chi connectivity index (χ2v) is 7.62. The number of carbonyl (C=O) groups is 1. The highest BCUT2D eigenvalue weighted by atomic mass is 16.1. The van der Waals surface area contributed by atoms with Gasteiger partial charge in [0, 0.05) is 37.3 Å². The standard InChI is InChI=1S/C21H29N3O/c25-21(11-15-24-14-10-17-6-1-2-8-19(17)24)22-16-18-7-5-13-23-12-4-3-9-20(18)23/h1-2,6,8,10,14,18,20H,3-5,7,9,11-13,15-16H2,(H,22,25)/t18-,20-/m1/s1. The van der Waals surface area contributed by atoms with E-state index in [1.54, 1.807) is 0 Å². The van der Waals surface area contributed by atoms with Crippen LogP contribution in [0.25, 0.3) is 10.9 Å². The molecule has 0 saturated carbocycles. The molecule has 1 amide bonds. The van der Waals surface area contributed by atoms with E-state index in [0.29, 0.717) is 18.4 Å². The summed E-state index contributed by atoms with van der Waals surface area (Å²) in [6, 6.07) is 11.2. The van der Waals surface area contributed by atoms with Gasteiger partial charge in [0.1, 0.15) is 0 Å². The first-order valence-electron chi connectivity index (χ1n) is 9.86. The molecule has 0 aliphatic carbocycles. The largest absolute Gasteiger partial charge is 0.356 e. The molecule has 134 valence electrons. The monoisotopic (exact) mass is 339 g/mol. The van der Waals surface area contributed by atoms with Crippen LogP contribution in [0.2, 0.25) is 0 Å². The van der Waals surface area contributed by atoms with Crippen molar-refractivity contribution in [1.29, 1.82) is 0 Å². The van der Waals surface area contributed by atoms with Gasteiger partial charge in [0.15, 0.2) is 0 Å². The number of fused-ring (bicyclic) bond motifs is 2. The molecule has 2 aliphatic rings. The number of nitrogens with zero attached hydrogens (tertiary/aromatic N) is 2. The Balaban J connectivity index is 1.27. The molecule has 0 spiro atoms. The topological polar surface area (TPSA) is 37.3 Å². The summed E-state index contributed by atoms with van der Waals surface area (Å²) >= 11 is 0. The van der Waals surface area contributed by atoms with E-state index in [1.807, 2.05) is 0 Å². The molecule has 1 N–H and O–H groups in total. The molecule has 1 aromatic heterocycles. The Morgan fingerprint density at radius 3 is 2.92 bits per heavy atom. The number of carbonyl (C=O) groups excluding carboxylic acids is 1. The molecular weight excluding hydrogens is 310 g/mol. The van der Waals surface area contributed by atoms with E-state index in [4.69, 9.17) is 0 Å². The average molecular weight is 339 g/mol. The van der Waals surface area contributed by atoms with Gasteiger partial charge in [-0.3, -0.25) is 4.79 Å². The van der Waals surface area contributed by atoms with Crippen LogP contribution in [0.15, 0.2) is 36.5 Å². The predicted octanol–water partition coefficient (Wildman–Crippen LogP) is 3.41. The van der Waals surface area contributed by atoms with E-state index >= 15 is 0 Å². The lowest BCUT2D eigenvalue weighted by molar-refractivity contribution is -0.121. The third kappa shape index (κ3) is 3.74. The summed E-state index contributed by atoms with van der Waals surface area (Å²) in [6.07, 6.45) is 9.21. The summed E-state index contributed by atoms with van der Waals surface area (Å²) in [5, 5.41) is 4.46. The van der Waals surface area contributed by atoms with Crippen LogP contribution in [-0.2, 0) is 11.3 Å². The fraction of sp³-hybridized carbons (Fsp3) is 0.571. The van der Waals surface area contributed by atoms with Crippen molar-refractivity contribution in [2.75, 3.05) is 19.6 Å². The number of rotatable bonds is 5. The number of nitrogens with one attached hydrogen (secondary N) is 1. The number of benzene rings is 1. The van der Waals surface area contributed by atoms with Crippen molar-refractivity contribution >= 4 is 16.8 Å². The van der Waals surface area contributed by atoms with Crippen LogP contribution in [-0.4, -0.2) is 41.1 Å². The molecule has 2 saturated heterocycles. The molecule has 2 aliphatic heterocycles. The molecule has 3 heterocycles. The number of aryl methyl sites for hydroxylation is 1. The normalized spacial score (nSPS) is 24.2. The number of para-hydroxylation sites is 1. The van der Waals surface area contributed by atoms with Gasteiger partial charge in [0.25, 0.3) is 0 Å². The Morgan fingerprint density at radius 1 is 1.08 bits per heavy atom. The molecule has 0 radical (unpaired) electrons. The molecule has 0 bridgehead atoms. The molecule has 25 heavy (non-hydrogen) atoms. The van der Waals surface area contributed by atoms with Gasteiger partial charge in [-0.25, -0.2) is 0 Å². The van der Waals surface area contributed by atoms with Crippen molar-refractivity contribution in [1.82, 2.24) is 14.8 Å². The zero-order chi connectivity index (χ0) is 17.1. The Bertz CT molecular complexity index is 721. The Morgan fingerprint density at radius 2 is 1.96 bits per heavy atom. The van der Waals surface area contributed by atoms with Crippen molar-refractivity contribution in [3.63, 3.8) is 0 Å². The molecule has 2 aromatic rings. The van der Waals surface area contributed by atoms with E-state index < -0.39 is 0 Å². The maximum atomic E-state index is 12.3. The number of hydrogen-bond acceptors (Lipinski definition) is 2. The lowest BCUT2D eigenvalue weighted by Gasteiger charge is -2.44. The fourth-order valence-electron chi connectivity index (χ4n) is 4.71. The SMILES string of the molecule is O=C(CCn1ccc2ccccc21)NC[C@H]1CCCN2CCCC[C@H]12. The summed E-state index contributed by atoms with van der Waals surface area (Å²) in [4.78, 5) is 15.0. The number of piperidine rings is 2. The maximum absolute atomic E-state index is 12.3. The van der Waals surface area contributed by atoms with Gasteiger partial charge >= 0.3 is 0 Å². The van der Waals surface area contributed by atoms with Crippen LogP contribution in [0.4, 0.5) is 0 Å². The molecule has 4 heteroatoms. The first-order valence-corrected chi connectivity index (χ1v) is 9.86. The van der Waals surface area contributed by atoms with Crippen LogP contribution in [0.3, 0.4) is 0 Å². The quantitative estimate of drug-likeness (QED) is 0.906. The van der Waals surface area contributed by atoms with E-state index in [-0.39, 0.29) is 5.91 Å². The molecule has 2 atom stereocenters. The van der Waals surface area contributed by atoms with Crippen molar-refractivity contribution in [3.8, 4) is 0 Å². The first-order chi connectivity index (χ1) is 12.3. The van der Waals surface area contributed by atoms with Crippen LogP contribution in [0.5, 0.6) is 0 Å². The summed E-state index contributed by atoms with van der Waals surface area (Å²) in [5.74, 6) is 0.830. The molecule has 4 rings (SSSR count). The van der Waals surface area contributed by atoms with Crippen molar-refractivity contribution in [2.45, 2.75) is 51.1 Å². The Labute approximate surface area is 150 Å². The maximum Gasteiger partial charge on any atom is 0.221 e. The lowest BCUT2D eigenvalue weighted by Crippen LogP contribution is -2.51. The Kier molecular flexibility index (Phi) is 5.07. The van der Waals surface area contributed by atoms with Crippen molar-refractivity contribution in [3.05, 3.63) is 36.5 Å². The fourth-order valence-corrected chi connectivity index (χ4v) is 4.71. The van der Waals surface area contributed by atoms with Crippen LogP contribution in [0, 0.1) is 5.92 Å². The van der Waals surface area contributed by atoms with Crippen molar-refractivity contribution < 1.29 is 4.79 Å². The van der Waals surface area contributed by atoms with Gasteiger partial charge in [-0.15, -0.1) is 0 Å². The van der Waals surface area contributed by atoms with Crippen LogP contribution < -0.4 is 5.32 Å². The molecule has 0 unspecified atom stereocenters. The van der Waals surface area contributed by atoms with Gasteiger partial charge in [-0.05, 0) is 62.2 Å². The zero-order valence-electron chi connectivity index (χ0n) is 15.0. The highest BCUT2D eigenvalue weighted by molar-refractivity contribution is 5.80. The van der Waals surface area contributed by atoms with E-state index in [2.05, 4.69) is 51.3 Å². The molecule has 1 aromatic carbocycles. The lowest BCUT2D eigenvalue weighted by atomic mass is 9.83. The number of aromatic nitrogens is 1. The van der Waals surface area contributed by atoms with Gasteiger partial charge < -0.3 is 14.8 Å². The molecular formula is C21H29N3O. The van der Waals surface area contributed by atoms with Gasteiger partial charge in [0.05, 0.1) is 0 Å². The number of amides is 1. The Hall–Kier alpha value is -1.81. The van der Waals surface area contributed by atoms with Gasteiger partial charge in [0.2, 0.25) is 5.91 Å². The highest BCUT2D eigenvalue weighted by Crippen LogP contribution is 2.30. The first kappa shape index (κ1) is 16.6.